The molecule has 4 heterocycles. The monoisotopic (exact) mass is 529 g/mol. The third-order valence-corrected chi connectivity index (χ3v) is 10.5. The molecule has 4 amide bonds. The maximum atomic E-state index is 13.7. The van der Waals surface area contributed by atoms with E-state index in [2.05, 4.69) is 42.3 Å². The molecule has 9 rings (SSSR count). The van der Waals surface area contributed by atoms with E-state index in [1.165, 1.54) is 16.8 Å². The molecule has 1 aromatic heterocycles. The molecule has 204 valence electrons. The van der Waals surface area contributed by atoms with Gasteiger partial charge in [0.25, 0.3) is 5.91 Å². The number of urea groups is 1. The predicted octanol–water partition coefficient (Wildman–Crippen LogP) is 1.53. The van der Waals surface area contributed by atoms with Gasteiger partial charge in [0, 0.05) is 69.2 Å². The van der Waals surface area contributed by atoms with Crippen LogP contribution in [0.4, 0.5) is 10.5 Å². The van der Waals surface area contributed by atoms with Crippen LogP contribution in [0.3, 0.4) is 0 Å². The molecule has 4 aliphatic carbocycles. The Kier molecular flexibility index (Phi) is 4.78. The summed E-state index contributed by atoms with van der Waals surface area (Å²) in [6, 6.07) is 6.43. The second-order valence-corrected chi connectivity index (χ2v) is 12.4. The van der Waals surface area contributed by atoms with Gasteiger partial charge in [-0.3, -0.25) is 14.3 Å². The normalized spacial score (nSPS) is 31.6. The van der Waals surface area contributed by atoms with Gasteiger partial charge < -0.3 is 24.9 Å². The number of anilines is 1. The smallest absolute Gasteiger partial charge is 0.317 e. The van der Waals surface area contributed by atoms with Gasteiger partial charge in [0.1, 0.15) is 6.54 Å². The molecular formula is C29H35N7O3. The Morgan fingerprint density at radius 1 is 1.03 bits per heavy atom. The highest BCUT2D eigenvalue weighted by Crippen LogP contribution is 2.88. The van der Waals surface area contributed by atoms with Crippen molar-refractivity contribution >= 4 is 23.5 Å². The van der Waals surface area contributed by atoms with Crippen LogP contribution in [0, 0.1) is 25.7 Å². The Labute approximate surface area is 227 Å². The lowest BCUT2D eigenvalue weighted by Crippen LogP contribution is -2.52. The molecule has 2 bridgehead atoms. The lowest BCUT2D eigenvalue weighted by Gasteiger charge is -2.37. The Morgan fingerprint density at radius 3 is 2.56 bits per heavy atom. The Morgan fingerprint density at radius 2 is 1.79 bits per heavy atom. The van der Waals surface area contributed by atoms with Crippen LogP contribution in [0.15, 0.2) is 18.2 Å². The summed E-state index contributed by atoms with van der Waals surface area (Å²) in [6.45, 7) is 8.63. The third kappa shape index (κ3) is 3.26. The van der Waals surface area contributed by atoms with Gasteiger partial charge in [-0.25, -0.2) is 4.79 Å². The third-order valence-electron chi connectivity index (χ3n) is 10.5. The fourth-order valence-electron chi connectivity index (χ4n) is 8.01. The minimum absolute atomic E-state index is 0.0431. The molecule has 5 fully saturated rings. The van der Waals surface area contributed by atoms with Crippen molar-refractivity contribution in [2.24, 2.45) is 11.8 Å². The first-order valence-electron chi connectivity index (χ1n) is 14.4. The van der Waals surface area contributed by atoms with E-state index in [-0.39, 0.29) is 36.5 Å². The average molecular weight is 530 g/mol. The quantitative estimate of drug-likeness (QED) is 0.649. The number of benzene rings is 1. The van der Waals surface area contributed by atoms with E-state index < -0.39 is 0 Å². The molecule has 3 aliphatic heterocycles. The van der Waals surface area contributed by atoms with E-state index in [0.717, 1.165) is 30.8 Å². The fraction of sp³-hybridized carbons (Fsp3) is 0.586. The van der Waals surface area contributed by atoms with Crippen LogP contribution in [-0.4, -0.2) is 101 Å². The molecule has 3 saturated heterocycles. The number of aromatic nitrogens is 2. The lowest BCUT2D eigenvalue weighted by molar-refractivity contribution is -0.132. The van der Waals surface area contributed by atoms with E-state index >= 15 is 0 Å². The number of carbonyl (C=O) groups is 3. The maximum Gasteiger partial charge on any atom is 0.317 e. The van der Waals surface area contributed by atoms with Crippen LogP contribution in [0.5, 0.6) is 0 Å². The highest BCUT2D eigenvalue weighted by Gasteiger charge is 2.81. The van der Waals surface area contributed by atoms with Gasteiger partial charge in [-0.15, -0.1) is 0 Å². The summed E-state index contributed by atoms with van der Waals surface area (Å²) in [5.74, 6) is 2.32. The van der Waals surface area contributed by atoms with Crippen molar-refractivity contribution in [2.45, 2.75) is 50.7 Å². The first-order chi connectivity index (χ1) is 18.8. The molecular weight excluding hydrogens is 494 g/mol. The van der Waals surface area contributed by atoms with Gasteiger partial charge >= 0.3 is 6.03 Å². The van der Waals surface area contributed by atoms with E-state index in [4.69, 9.17) is 5.10 Å². The molecule has 39 heavy (non-hydrogen) atoms. The van der Waals surface area contributed by atoms with Gasteiger partial charge in [0.05, 0.1) is 12.1 Å². The van der Waals surface area contributed by atoms with Gasteiger partial charge in [-0.2, -0.15) is 5.10 Å². The Bertz CT molecular complexity index is 1420. The number of nitrogens with one attached hydrogen (secondary N) is 1. The molecule has 1 aromatic carbocycles. The summed E-state index contributed by atoms with van der Waals surface area (Å²) >= 11 is 0. The largest absolute Gasteiger partial charge is 0.368 e. The van der Waals surface area contributed by atoms with Crippen molar-refractivity contribution in [1.82, 2.24) is 29.8 Å². The second-order valence-electron chi connectivity index (χ2n) is 12.4. The Balaban J connectivity index is 0.972. The number of rotatable bonds is 4. The van der Waals surface area contributed by atoms with Crippen LogP contribution >= 0.6 is 0 Å². The van der Waals surface area contributed by atoms with Crippen molar-refractivity contribution in [3.8, 4) is 0 Å². The zero-order valence-corrected chi connectivity index (χ0v) is 22.8. The molecule has 2 saturated carbocycles. The van der Waals surface area contributed by atoms with Crippen LogP contribution in [-0.2, 0) is 11.3 Å². The number of likely N-dealkylation sites (tertiary alicyclic amines) is 1. The molecule has 10 nitrogen and oxygen atoms in total. The number of piperazine rings is 1. The number of piperidine rings is 1. The van der Waals surface area contributed by atoms with Crippen LogP contribution < -0.4 is 10.2 Å². The van der Waals surface area contributed by atoms with Crippen LogP contribution in [0.25, 0.3) is 0 Å². The first kappa shape index (κ1) is 23.3. The van der Waals surface area contributed by atoms with Gasteiger partial charge in [0.2, 0.25) is 5.91 Å². The highest BCUT2D eigenvalue weighted by atomic mass is 16.2. The topological polar surface area (TPSA) is 94.0 Å². The summed E-state index contributed by atoms with van der Waals surface area (Å²) in [6.07, 6.45) is 0.762. The van der Waals surface area contributed by atoms with E-state index in [1.807, 2.05) is 21.5 Å². The highest BCUT2D eigenvalue weighted by molar-refractivity contribution is 5.96. The van der Waals surface area contributed by atoms with E-state index in [1.54, 1.807) is 4.90 Å². The summed E-state index contributed by atoms with van der Waals surface area (Å²) < 4.78 is 1.87. The molecule has 1 N–H and O–H groups in total. The van der Waals surface area contributed by atoms with Crippen LogP contribution in [0.2, 0.25) is 0 Å². The van der Waals surface area contributed by atoms with E-state index in [0.29, 0.717) is 55.5 Å². The number of carbonyl (C=O) groups excluding carboxylic acids is 3. The summed E-state index contributed by atoms with van der Waals surface area (Å²) in [5, 5.41) is 7.82. The second kappa shape index (κ2) is 7.99. The van der Waals surface area contributed by atoms with Crippen molar-refractivity contribution in [3.05, 3.63) is 46.3 Å². The molecule has 6 atom stereocenters. The molecule has 10 heteroatoms. The zero-order chi connectivity index (χ0) is 26.7. The summed E-state index contributed by atoms with van der Waals surface area (Å²) in [7, 11) is 1.82. The Hall–Kier alpha value is -3.56. The number of likely N-dealkylation sites (N-methyl/N-ethyl adjacent to an activating group) is 1. The average Bonchev–Trinajstić information content (AvgIpc) is 3.64. The van der Waals surface area contributed by atoms with Gasteiger partial charge in [-0.1, -0.05) is 12.1 Å². The molecule has 7 aliphatic rings. The number of hydrogen-bond acceptors (Lipinski definition) is 5. The standard InChI is InChI=1S/C29H35N7O3/c1-15-5-4-6-18(16(15)2)33-9-11-34(12-10-33)20(37)14-36-27-24-21-22(24)23(21)25(27)26(31-36)28(38)35-8-7-19-17(13-35)30-29(39)32(19)3/h4-6,17,19,21-24H,7-14H2,1-3H3,(H,30,39)/t17-,19+,21+,22?,23?,24?/m1/s1. The molecule has 0 spiro atoms. The van der Waals surface area contributed by atoms with Crippen molar-refractivity contribution in [1.29, 1.82) is 0 Å². The fourth-order valence-corrected chi connectivity index (χ4v) is 8.01. The number of hydrogen-bond donors (Lipinski definition) is 1. The zero-order valence-electron chi connectivity index (χ0n) is 22.8. The number of aryl methyl sites for hydroxylation is 1. The van der Waals surface area contributed by atoms with Crippen molar-refractivity contribution in [2.75, 3.05) is 51.2 Å². The maximum absolute atomic E-state index is 13.7. The predicted molar refractivity (Wildman–Crippen MR) is 144 cm³/mol. The number of nitrogens with zero attached hydrogens (tertiary/aromatic N) is 6. The molecule has 3 unspecified atom stereocenters. The first-order valence-corrected chi connectivity index (χ1v) is 14.4. The minimum atomic E-state index is -0.0674. The van der Waals surface area contributed by atoms with Gasteiger partial charge in [0.15, 0.2) is 5.69 Å². The van der Waals surface area contributed by atoms with E-state index in [9.17, 15) is 14.4 Å². The minimum Gasteiger partial charge on any atom is -0.368 e. The summed E-state index contributed by atoms with van der Waals surface area (Å²) in [5.41, 5.74) is 6.65. The SMILES string of the molecule is Cc1cccc(N2CCN(C(=O)Cn3nc(C(=O)N4CC[C@H]5[C@@H](C4)NC(=O)N5C)c4c3C3C5C4[C@@H]35)CC2)c1C. The molecule has 2 aromatic rings. The summed E-state index contributed by atoms with van der Waals surface area (Å²) in [4.78, 5) is 47.2. The van der Waals surface area contributed by atoms with Crippen molar-refractivity contribution < 1.29 is 14.4 Å². The van der Waals surface area contributed by atoms with Crippen molar-refractivity contribution in [3.63, 3.8) is 0 Å². The lowest BCUT2D eigenvalue weighted by atomic mass is 9.99. The molecule has 0 radical (unpaired) electrons. The number of amides is 4. The van der Waals surface area contributed by atoms with Gasteiger partial charge in [-0.05, 0) is 55.2 Å². The number of fused-ring (bicyclic) bond motifs is 1. The van der Waals surface area contributed by atoms with Crippen LogP contribution in [0.1, 0.15) is 51.1 Å².